The highest BCUT2D eigenvalue weighted by molar-refractivity contribution is 5.77. The molecule has 0 aromatic heterocycles. The number of methoxy groups -OCH3 is 1. The van der Waals surface area contributed by atoms with Crippen molar-refractivity contribution >= 4 is 5.91 Å². The van der Waals surface area contributed by atoms with Crippen LogP contribution in [0, 0.1) is 0 Å². The maximum atomic E-state index is 12.4. The second-order valence-electron chi connectivity index (χ2n) is 5.52. The van der Waals surface area contributed by atoms with Crippen LogP contribution in [0.3, 0.4) is 0 Å². The molecule has 1 heterocycles. The van der Waals surface area contributed by atoms with E-state index in [4.69, 9.17) is 4.74 Å². The van der Waals surface area contributed by atoms with Crippen LogP contribution >= 0.6 is 0 Å². The Morgan fingerprint density at radius 1 is 1.55 bits per heavy atom. The van der Waals surface area contributed by atoms with Crippen LogP contribution in [0.5, 0.6) is 5.75 Å². The Hall–Kier alpha value is -1.55. The summed E-state index contributed by atoms with van der Waals surface area (Å²) in [6.07, 6.45) is 0.553. The molecule has 0 bridgehead atoms. The van der Waals surface area contributed by atoms with Crippen molar-refractivity contribution < 1.29 is 9.53 Å². The van der Waals surface area contributed by atoms with Gasteiger partial charge in [0.25, 0.3) is 0 Å². The first kappa shape index (κ1) is 14.9. The zero-order chi connectivity index (χ0) is 14.5. The van der Waals surface area contributed by atoms with Gasteiger partial charge in [-0.2, -0.15) is 0 Å². The van der Waals surface area contributed by atoms with Gasteiger partial charge in [0.2, 0.25) is 5.91 Å². The van der Waals surface area contributed by atoms with Gasteiger partial charge in [-0.25, -0.2) is 0 Å². The second-order valence-corrected chi connectivity index (χ2v) is 5.52. The Labute approximate surface area is 121 Å². The summed E-state index contributed by atoms with van der Waals surface area (Å²) in [5.74, 6) is 1.30. The number of rotatable bonds is 4. The van der Waals surface area contributed by atoms with E-state index in [9.17, 15) is 4.79 Å². The predicted molar refractivity (Wildman–Crippen MR) is 80.1 cm³/mol. The lowest BCUT2D eigenvalue weighted by Crippen LogP contribution is -2.52. The molecule has 20 heavy (non-hydrogen) atoms. The number of nitrogens with one attached hydrogen (secondary N) is 1. The lowest BCUT2D eigenvalue weighted by atomic mass is 9.96. The van der Waals surface area contributed by atoms with Crippen LogP contribution in [0.4, 0.5) is 0 Å². The number of amides is 1. The van der Waals surface area contributed by atoms with E-state index in [1.807, 2.05) is 23.1 Å². The van der Waals surface area contributed by atoms with Gasteiger partial charge in [0.05, 0.1) is 7.11 Å². The molecule has 1 N–H and O–H groups in total. The highest BCUT2D eigenvalue weighted by Gasteiger charge is 2.24. The van der Waals surface area contributed by atoms with E-state index >= 15 is 0 Å². The Kier molecular flexibility index (Phi) is 5.01. The van der Waals surface area contributed by atoms with Gasteiger partial charge in [0.1, 0.15) is 5.75 Å². The predicted octanol–water partition coefficient (Wildman–Crippen LogP) is 2.01. The minimum Gasteiger partial charge on any atom is -0.497 e. The van der Waals surface area contributed by atoms with Gasteiger partial charge in [0.15, 0.2) is 0 Å². The summed E-state index contributed by atoms with van der Waals surface area (Å²) in [5, 5.41) is 3.31. The Balaban J connectivity index is 1.99. The number of carbonyl (C=O) groups is 1. The molecule has 1 saturated heterocycles. The molecule has 1 amide bonds. The maximum Gasteiger partial charge on any atom is 0.223 e. The van der Waals surface area contributed by atoms with Crippen LogP contribution in [0.25, 0.3) is 0 Å². The van der Waals surface area contributed by atoms with E-state index < -0.39 is 0 Å². The topological polar surface area (TPSA) is 41.6 Å². The van der Waals surface area contributed by atoms with Gasteiger partial charge in [-0.3, -0.25) is 4.79 Å². The molecule has 1 aromatic rings. The van der Waals surface area contributed by atoms with Gasteiger partial charge >= 0.3 is 0 Å². The summed E-state index contributed by atoms with van der Waals surface area (Å²) in [7, 11) is 1.66. The molecule has 1 aliphatic heterocycles. The first-order chi connectivity index (χ1) is 9.61. The molecule has 1 aliphatic rings. The van der Waals surface area contributed by atoms with Crippen molar-refractivity contribution in [3.63, 3.8) is 0 Å². The fraction of sp³-hybridized carbons (Fsp3) is 0.562. The molecule has 0 radical (unpaired) electrons. The Morgan fingerprint density at radius 2 is 2.35 bits per heavy atom. The molecule has 2 rings (SSSR count). The van der Waals surface area contributed by atoms with Gasteiger partial charge in [0, 0.05) is 32.1 Å². The molecule has 1 aromatic carbocycles. The number of benzene rings is 1. The Bertz CT molecular complexity index is 462. The average molecular weight is 276 g/mol. The van der Waals surface area contributed by atoms with E-state index in [0.29, 0.717) is 6.42 Å². The van der Waals surface area contributed by atoms with Crippen molar-refractivity contribution in [3.8, 4) is 5.75 Å². The maximum absolute atomic E-state index is 12.4. The van der Waals surface area contributed by atoms with Crippen molar-refractivity contribution in [2.45, 2.75) is 32.2 Å². The van der Waals surface area contributed by atoms with Gasteiger partial charge < -0.3 is 15.0 Å². The molecule has 110 valence electrons. The van der Waals surface area contributed by atoms with Crippen LogP contribution in [-0.2, 0) is 4.79 Å². The minimum absolute atomic E-state index is 0.208. The molecule has 0 saturated carbocycles. The molecule has 1 fully saturated rings. The number of nitrogens with zero attached hydrogens (tertiary/aromatic N) is 1. The third-order valence-electron chi connectivity index (χ3n) is 3.97. The SMILES string of the molecule is COc1cccc(C(C)CC(=O)N2CCNCC2C)c1. The molecule has 4 nitrogen and oxygen atoms in total. The van der Waals surface area contributed by atoms with Crippen molar-refractivity contribution in [1.82, 2.24) is 10.2 Å². The number of hydrogen-bond acceptors (Lipinski definition) is 3. The Morgan fingerprint density at radius 3 is 3.05 bits per heavy atom. The largest absolute Gasteiger partial charge is 0.497 e. The highest BCUT2D eigenvalue weighted by atomic mass is 16.5. The van der Waals surface area contributed by atoms with Gasteiger partial charge in [-0.1, -0.05) is 19.1 Å². The zero-order valence-corrected chi connectivity index (χ0v) is 12.6. The monoisotopic (exact) mass is 276 g/mol. The van der Waals surface area contributed by atoms with Gasteiger partial charge in [-0.15, -0.1) is 0 Å². The fourth-order valence-corrected chi connectivity index (χ4v) is 2.66. The second kappa shape index (κ2) is 6.75. The summed E-state index contributed by atoms with van der Waals surface area (Å²) < 4.78 is 5.24. The third kappa shape index (κ3) is 3.51. The lowest BCUT2D eigenvalue weighted by Gasteiger charge is -2.34. The summed E-state index contributed by atoms with van der Waals surface area (Å²) in [4.78, 5) is 14.4. The van der Waals surface area contributed by atoms with Crippen molar-refractivity contribution in [2.75, 3.05) is 26.7 Å². The first-order valence-corrected chi connectivity index (χ1v) is 7.26. The zero-order valence-electron chi connectivity index (χ0n) is 12.6. The van der Waals surface area contributed by atoms with Crippen LogP contribution in [0.2, 0.25) is 0 Å². The number of carbonyl (C=O) groups excluding carboxylic acids is 1. The summed E-state index contributed by atoms with van der Waals surface area (Å²) in [5.41, 5.74) is 1.15. The minimum atomic E-state index is 0.208. The standard InChI is InChI=1S/C16H24N2O2/c1-12(14-5-4-6-15(10-14)20-3)9-16(19)18-8-7-17-11-13(18)2/h4-6,10,12-13,17H,7-9,11H2,1-3H3. The quantitative estimate of drug-likeness (QED) is 0.914. The highest BCUT2D eigenvalue weighted by Crippen LogP contribution is 2.24. The molecule has 0 spiro atoms. The molecular formula is C16H24N2O2. The van der Waals surface area contributed by atoms with E-state index in [1.54, 1.807) is 7.11 Å². The van der Waals surface area contributed by atoms with E-state index in [0.717, 1.165) is 30.9 Å². The number of piperazine rings is 1. The summed E-state index contributed by atoms with van der Waals surface area (Å²) in [6.45, 7) is 6.79. The molecular weight excluding hydrogens is 252 g/mol. The molecule has 4 heteroatoms. The van der Waals surface area contributed by atoms with Crippen molar-refractivity contribution in [3.05, 3.63) is 29.8 Å². The summed E-state index contributed by atoms with van der Waals surface area (Å²) in [6, 6.07) is 8.26. The molecule has 2 unspecified atom stereocenters. The average Bonchev–Trinajstić information content (AvgIpc) is 2.47. The molecule has 2 atom stereocenters. The number of hydrogen-bond donors (Lipinski definition) is 1. The normalized spacial score (nSPS) is 20.6. The van der Waals surface area contributed by atoms with Crippen LogP contribution in [0.15, 0.2) is 24.3 Å². The van der Waals surface area contributed by atoms with Crippen LogP contribution in [0.1, 0.15) is 31.7 Å². The van der Waals surface area contributed by atoms with Crippen LogP contribution < -0.4 is 10.1 Å². The van der Waals surface area contributed by atoms with Crippen molar-refractivity contribution in [1.29, 1.82) is 0 Å². The third-order valence-corrected chi connectivity index (χ3v) is 3.97. The van der Waals surface area contributed by atoms with Gasteiger partial charge in [-0.05, 0) is 30.5 Å². The number of ether oxygens (including phenoxy) is 1. The fourth-order valence-electron chi connectivity index (χ4n) is 2.66. The lowest BCUT2D eigenvalue weighted by molar-refractivity contribution is -0.134. The van der Waals surface area contributed by atoms with Crippen molar-refractivity contribution in [2.24, 2.45) is 0 Å². The smallest absolute Gasteiger partial charge is 0.223 e. The van der Waals surface area contributed by atoms with E-state index in [2.05, 4.69) is 25.2 Å². The van der Waals surface area contributed by atoms with Crippen LogP contribution in [-0.4, -0.2) is 43.6 Å². The summed E-state index contributed by atoms with van der Waals surface area (Å²) >= 11 is 0. The van der Waals surface area contributed by atoms with E-state index in [-0.39, 0.29) is 17.9 Å². The molecule has 0 aliphatic carbocycles. The first-order valence-electron chi connectivity index (χ1n) is 7.26. The van der Waals surface area contributed by atoms with E-state index in [1.165, 1.54) is 0 Å².